The Balaban J connectivity index is 1.77. The Bertz CT molecular complexity index is 544. The molecule has 22 heavy (non-hydrogen) atoms. The number of hydrogen-bond acceptors (Lipinski definition) is 4. The Morgan fingerprint density at radius 2 is 1.82 bits per heavy atom. The molecule has 0 aromatic heterocycles. The van der Waals surface area contributed by atoms with Crippen molar-refractivity contribution in [3.05, 3.63) is 34.9 Å². The molecular formula is C15H19ClN2O4. The summed E-state index contributed by atoms with van der Waals surface area (Å²) in [7, 11) is 0. The van der Waals surface area contributed by atoms with E-state index >= 15 is 0 Å². The van der Waals surface area contributed by atoms with Crippen LogP contribution in [0.4, 0.5) is 0 Å². The number of rotatable bonds is 4. The van der Waals surface area contributed by atoms with Gasteiger partial charge in [-0.15, -0.1) is 0 Å². The Kier molecular flexibility index (Phi) is 5.76. The third kappa shape index (κ3) is 4.69. The second kappa shape index (κ2) is 7.58. The van der Waals surface area contributed by atoms with E-state index in [9.17, 15) is 14.7 Å². The van der Waals surface area contributed by atoms with Gasteiger partial charge in [0.05, 0.1) is 5.60 Å². The molecular weight excluding hydrogens is 308 g/mol. The van der Waals surface area contributed by atoms with Crippen LogP contribution >= 0.6 is 11.6 Å². The molecule has 1 aromatic rings. The number of halogens is 1. The second-order valence-corrected chi connectivity index (χ2v) is 5.70. The van der Waals surface area contributed by atoms with Gasteiger partial charge in [0.25, 0.3) is 0 Å². The summed E-state index contributed by atoms with van der Waals surface area (Å²) in [6, 6.07) is 7.07. The summed E-state index contributed by atoms with van der Waals surface area (Å²) in [4.78, 5) is 23.5. The van der Waals surface area contributed by atoms with Crippen LogP contribution in [0.15, 0.2) is 24.3 Å². The third-order valence-electron chi connectivity index (χ3n) is 3.60. The molecule has 1 heterocycles. The van der Waals surface area contributed by atoms with Crippen molar-refractivity contribution in [3.8, 4) is 0 Å². The number of amides is 2. The minimum atomic E-state index is -1.00. The predicted molar refractivity (Wildman–Crippen MR) is 81.3 cm³/mol. The molecule has 120 valence electrons. The highest BCUT2D eigenvalue weighted by Gasteiger charge is 2.30. The second-order valence-electron chi connectivity index (χ2n) is 5.29. The number of carbonyl (C=O) groups is 2. The first-order valence-electron chi connectivity index (χ1n) is 7.10. The van der Waals surface area contributed by atoms with Gasteiger partial charge in [-0.3, -0.25) is 9.59 Å². The van der Waals surface area contributed by atoms with E-state index in [0.717, 1.165) is 5.56 Å². The Morgan fingerprint density at radius 1 is 1.18 bits per heavy atom. The Labute approximate surface area is 133 Å². The lowest BCUT2D eigenvalue weighted by molar-refractivity contribution is -0.140. The van der Waals surface area contributed by atoms with Gasteiger partial charge in [-0.1, -0.05) is 29.8 Å². The van der Waals surface area contributed by atoms with Crippen molar-refractivity contribution in [2.45, 2.75) is 25.0 Å². The van der Waals surface area contributed by atoms with Crippen LogP contribution in [-0.4, -0.2) is 42.3 Å². The van der Waals surface area contributed by atoms with Gasteiger partial charge in [0.2, 0.25) is 0 Å². The lowest BCUT2D eigenvalue weighted by atomic mass is 9.94. The van der Waals surface area contributed by atoms with E-state index in [1.807, 2.05) is 0 Å². The molecule has 6 nitrogen and oxygen atoms in total. The van der Waals surface area contributed by atoms with Crippen LogP contribution in [0, 0.1) is 0 Å². The minimum absolute atomic E-state index is 0.0364. The zero-order valence-electron chi connectivity index (χ0n) is 12.1. The maximum atomic E-state index is 11.7. The number of benzene rings is 1. The molecule has 0 bridgehead atoms. The highest BCUT2D eigenvalue weighted by Crippen LogP contribution is 2.19. The molecule has 1 saturated heterocycles. The van der Waals surface area contributed by atoms with Gasteiger partial charge >= 0.3 is 11.8 Å². The standard InChI is InChI=1S/C15H19ClN2O4/c16-12-4-2-1-3-11(12)9-17-13(19)14(20)18-10-15(21)5-7-22-8-6-15/h1-4,21H,5-10H2,(H,17,19)(H,18,20). The topological polar surface area (TPSA) is 87.7 Å². The number of nitrogens with one attached hydrogen (secondary N) is 2. The molecule has 2 amide bonds. The zero-order chi connectivity index (χ0) is 16.0. The first-order chi connectivity index (χ1) is 10.5. The van der Waals surface area contributed by atoms with Crippen LogP contribution in [0.2, 0.25) is 5.02 Å². The smallest absolute Gasteiger partial charge is 0.309 e. The molecule has 0 aliphatic carbocycles. The number of carbonyl (C=O) groups excluding carboxylic acids is 2. The van der Waals surface area contributed by atoms with E-state index in [2.05, 4.69) is 10.6 Å². The summed E-state index contributed by atoms with van der Waals surface area (Å²) in [5.74, 6) is -1.53. The van der Waals surface area contributed by atoms with Crippen LogP contribution in [-0.2, 0) is 20.9 Å². The minimum Gasteiger partial charge on any atom is -0.388 e. The fourth-order valence-corrected chi connectivity index (χ4v) is 2.35. The number of aliphatic hydroxyl groups is 1. The van der Waals surface area contributed by atoms with Gasteiger partial charge in [-0.2, -0.15) is 0 Å². The molecule has 2 rings (SSSR count). The Morgan fingerprint density at radius 3 is 2.50 bits per heavy atom. The van der Waals surface area contributed by atoms with Crippen LogP contribution in [0.5, 0.6) is 0 Å². The highest BCUT2D eigenvalue weighted by molar-refractivity contribution is 6.35. The monoisotopic (exact) mass is 326 g/mol. The Hall–Kier alpha value is -1.63. The molecule has 0 unspecified atom stereocenters. The predicted octanol–water partition coefficient (Wildman–Crippen LogP) is 0.614. The zero-order valence-corrected chi connectivity index (χ0v) is 12.9. The van der Waals surface area contributed by atoms with Gasteiger partial charge in [0, 0.05) is 44.2 Å². The van der Waals surface area contributed by atoms with E-state index in [0.29, 0.717) is 31.1 Å². The van der Waals surface area contributed by atoms with Crippen molar-refractivity contribution < 1.29 is 19.4 Å². The molecule has 0 atom stereocenters. The fraction of sp³-hybridized carbons (Fsp3) is 0.467. The number of hydrogen-bond donors (Lipinski definition) is 3. The van der Waals surface area contributed by atoms with E-state index in [-0.39, 0.29) is 13.1 Å². The largest absolute Gasteiger partial charge is 0.388 e. The highest BCUT2D eigenvalue weighted by atomic mass is 35.5. The van der Waals surface area contributed by atoms with Gasteiger partial charge in [0.1, 0.15) is 0 Å². The summed E-state index contributed by atoms with van der Waals surface area (Å²) in [5, 5.41) is 15.7. The molecule has 0 saturated carbocycles. The molecule has 1 aromatic carbocycles. The van der Waals surface area contributed by atoms with Gasteiger partial charge in [-0.25, -0.2) is 0 Å². The van der Waals surface area contributed by atoms with Gasteiger partial charge in [-0.05, 0) is 11.6 Å². The molecule has 1 fully saturated rings. The van der Waals surface area contributed by atoms with Gasteiger partial charge < -0.3 is 20.5 Å². The van der Waals surface area contributed by atoms with Crippen molar-refractivity contribution in [2.75, 3.05) is 19.8 Å². The van der Waals surface area contributed by atoms with Crippen molar-refractivity contribution in [3.63, 3.8) is 0 Å². The summed E-state index contributed by atoms with van der Waals surface area (Å²) in [6.07, 6.45) is 0.878. The van der Waals surface area contributed by atoms with Crippen molar-refractivity contribution in [1.29, 1.82) is 0 Å². The molecule has 0 radical (unpaired) electrons. The van der Waals surface area contributed by atoms with Crippen molar-refractivity contribution in [2.24, 2.45) is 0 Å². The lowest BCUT2D eigenvalue weighted by Crippen LogP contribution is -2.49. The van der Waals surface area contributed by atoms with Gasteiger partial charge in [0.15, 0.2) is 0 Å². The quantitative estimate of drug-likeness (QED) is 0.708. The SMILES string of the molecule is O=C(NCc1ccccc1Cl)C(=O)NCC1(O)CCOCC1. The van der Waals surface area contributed by atoms with E-state index in [4.69, 9.17) is 16.3 Å². The maximum Gasteiger partial charge on any atom is 0.309 e. The third-order valence-corrected chi connectivity index (χ3v) is 3.97. The first-order valence-corrected chi connectivity index (χ1v) is 7.47. The number of ether oxygens (including phenoxy) is 1. The lowest BCUT2D eigenvalue weighted by Gasteiger charge is -2.31. The summed E-state index contributed by atoms with van der Waals surface area (Å²) >= 11 is 5.97. The fourth-order valence-electron chi connectivity index (χ4n) is 2.15. The van der Waals surface area contributed by atoms with Crippen LogP contribution in [0.1, 0.15) is 18.4 Å². The summed E-state index contributed by atoms with van der Waals surface area (Å²) in [6.45, 7) is 1.11. The molecule has 0 spiro atoms. The molecule has 7 heteroatoms. The summed E-state index contributed by atoms with van der Waals surface area (Å²) < 4.78 is 5.15. The molecule has 3 N–H and O–H groups in total. The van der Waals surface area contributed by atoms with Crippen LogP contribution in [0.3, 0.4) is 0 Å². The van der Waals surface area contributed by atoms with E-state index in [1.54, 1.807) is 24.3 Å². The van der Waals surface area contributed by atoms with Crippen molar-refractivity contribution in [1.82, 2.24) is 10.6 Å². The first kappa shape index (κ1) is 16.7. The summed E-state index contributed by atoms with van der Waals surface area (Å²) in [5.41, 5.74) is -0.273. The average molecular weight is 327 g/mol. The van der Waals surface area contributed by atoms with Crippen LogP contribution < -0.4 is 10.6 Å². The normalized spacial score (nSPS) is 16.8. The van der Waals surface area contributed by atoms with E-state index in [1.165, 1.54) is 0 Å². The van der Waals surface area contributed by atoms with Crippen LogP contribution in [0.25, 0.3) is 0 Å². The molecule has 1 aliphatic heterocycles. The van der Waals surface area contributed by atoms with Crippen molar-refractivity contribution >= 4 is 23.4 Å². The average Bonchev–Trinajstić information content (AvgIpc) is 2.52. The maximum absolute atomic E-state index is 11.7. The molecule has 1 aliphatic rings. The van der Waals surface area contributed by atoms with E-state index < -0.39 is 17.4 Å².